The molecule has 0 bridgehead atoms. The molecule has 0 aliphatic carbocycles. The van der Waals surface area contributed by atoms with Gasteiger partial charge in [0.05, 0.1) is 6.04 Å². The number of nitrogens with zero attached hydrogens (tertiary/aromatic N) is 1. The van der Waals surface area contributed by atoms with Crippen LogP contribution in [-0.2, 0) is 4.79 Å². The zero-order valence-electron chi connectivity index (χ0n) is 11.0. The summed E-state index contributed by atoms with van der Waals surface area (Å²) in [7, 11) is 0. The Morgan fingerprint density at radius 1 is 1.39 bits per heavy atom. The zero-order valence-corrected chi connectivity index (χ0v) is 11.8. The van der Waals surface area contributed by atoms with Crippen LogP contribution in [0.1, 0.15) is 20.3 Å². The van der Waals surface area contributed by atoms with Gasteiger partial charge in [-0.15, -0.1) is 0 Å². The number of alkyl halides is 3. The summed E-state index contributed by atoms with van der Waals surface area (Å²) >= 11 is 1.51. The number of carbonyl (C=O) groups is 1. The maximum atomic E-state index is 12.4. The Hall–Kier alpha value is -0.430. The molecule has 1 atom stereocenters. The van der Waals surface area contributed by atoms with Crippen LogP contribution in [0.4, 0.5) is 13.2 Å². The molecule has 0 spiro atoms. The fourth-order valence-electron chi connectivity index (χ4n) is 1.49. The lowest BCUT2D eigenvalue weighted by Crippen LogP contribution is -2.48. The minimum Gasteiger partial charge on any atom is -0.332 e. The number of carbonyl (C=O) groups excluding carboxylic acids is 1. The summed E-state index contributed by atoms with van der Waals surface area (Å²) in [5.74, 6) is 0.0215. The largest absolute Gasteiger partial charge is 0.406 e. The van der Waals surface area contributed by atoms with Gasteiger partial charge >= 0.3 is 6.18 Å². The van der Waals surface area contributed by atoms with Crippen molar-refractivity contribution in [1.82, 2.24) is 4.90 Å². The molecule has 0 radical (unpaired) electrons. The Balaban J connectivity index is 4.58. The van der Waals surface area contributed by atoms with Crippen LogP contribution in [0.3, 0.4) is 0 Å². The van der Waals surface area contributed by atoms with Gasteiger partial charge in [0.15, 0.2) is 0 Å². The summed E-state index contributed by atoms with van der Waals surface area (Å²) in [5, 5.41) is 0. The molecule has 3 nitrogen and oxygen atoms in total. The topological polar surface area (TPSA) is 46.3 Å². The minimum atomic E-state index is -4.39. The summed E-state index contributed by atoms with van der Waals surface area (Å²) in [5.41, 5.74) is 5.63. The molecule has 108 valence electrons. The number of amides is 1. The molecule has 0 unspecified atom stereocenters. The normalized spacial score (nSPS) is 13.8. The van der Waals surface area contributed by atoms with Crippen molar-refractivity contribution in [2.45, 2.75) is 32.5 Å². The molecule has 0 aliphatic heterocycles. The maximum absolute atomic E-state index is 12.4. The number of nitrogens with two attached hydrogens (primary N) is 1. The first-order valence-corrected chi connectivity index (χ1v) is 7.16. The first kappa shape index (κ1) is 17.6. The van der Waals surface area contributed by atoms with E-state index in [-0.39, 0.29) is 12.5 Å². The van der Waals surface area contributed by atoms with Crippen LogP contribution in [0.2, 0.25) is 0 Å². The number of hydrogen-bond donors (Lipinski definition) is 1. The second-order valence-electron chi connectivity index (χ2n) is 4.62. The van der Waals surface area contributed by atoms with Gasteiger partial charge in [0.2, 0.25) is 5.91 Å². The van der Waals surface area contributed by atoms with Gasteiger partial charge in [-0.25, -0.2) is 0 Å². The summed E-state index contributed by atoms with van der Waals surface area (Å²) < 4.78 is 37.2. The summed E-state index contributed by atoms with van der Waals surface area (Å²) in [6, 6.07) is -0.849. The van der Waals surface area contributed by atoms with Gasteiger partial charge in [0.1, 0.15) is 6.54 Å². The molecule has 0 saturated heterocycles. The SMILES string of the molecule is CSCC[C@H](N)C(=O)N(CC(C)C)CC(F)(F)F. The second-order valence-corrected chi connectivity index (χ2v) is 5.60. The maximum Gasteiger partial charge on any atom is 0.406 e. The highest BCUT2D eigenvalue weighted by Gasteiger charge is 2.34. The fourth-order valence-corrected chi connectivity index (χ4v) is 1.98. The van der Waals surface area contributed by atoms with Crippen LogP contribution in [-0.4, -0.2) is 48.1 Å². The Bertz CT molecular complexity index is 259. The number of hydrogen-bond acceptors (Lipinski definition) is 3. The van der Waals surface area contributed by atoms with E-state index in [4.69, 9.17) is 5.73 Å². The van der Waals surface area contributed by atoms with Gasteiger partial charge in [-0.2, -0.15) is 24.9 Å². The molecule has 18 heavy (non-hydrogen) atoms. The van der Waals surface area contributed by atoms with Gasteiger partial charge < -0.3 is 10.6 Å². The predicted molar refractivity (Wildman–Crippen MR) is 68.4 cm³/mol. The minimum absolute atomic E-state index is 0.0240. The van der Waals surface area contributed by atoms with E-state index < -0.39 is 24.7 Å². The second kappa shape index (κ2) is 7.89. The highest BCUT2D eigenvalue weighted by molar-refractivity contribution is 7.98. The zero-order chi connectivity index (χ0) is 14.3. The predicted octanol–water partition coefficient (Wildman–Crippen LogP) is 2.11. The van der Waals surface area contributed by atoms with Crippen molar-refractivity contribution in [1.29, 1.82) is 0 Å². The lowest BCUT2D eigenvalue weighted by Gasteiger charge is -2.28. The van der Waals surface area contributed by atoms with Crippen LogP contribution in [0.15, 0.2) is 0 Å². The van der Waals surface area contributed by atoms with E-state index in [0.717, 1.165) is 4.90 Å². The number of halogens is 3. The molecule has 0 rings (SSSR count). The molecule has 7 heteroatoms. The summed E-state index contributed by atoms with van der Waals surface area (Å²) in [6.45, 7) is 2.39. The van der Waals surface area contributed by atoms with Crippen molar-refractivity contribution in [3.63, 3.8) is 0 Å². The van der Waals surface area contributed by atoms with Crippen molar-refractivity contribution < 1.29 is 18.0 Å². The number of thioether (sulfide) groups is 1. The molecule has 2 N–H and O–H groups in total. The number of rotatable bonds is 7. The quantitative estimate of drug-likeness (QED) is 0.779. The standard InChI is InChI=1S/C11H21F3N2OS/c1-8(2)6-16(7-11(12,13)14)10(17)9(15)4-5-18-3/h8-9H,4-7,15H2,1-3H3/t9-/m0/s1. The van der Waals surface area contributed by atoms with E-state index in [2.05, 4.69) is 0 Å². The Kier molecular flexibility index (Phi) is 7.70. The third kappa shape index (κ3) is 7.81. The molecule has 0 aromatic heterocycles. The van der Waals surface area contributed by atoms with Crippen LogP contribution < -0.4 is 5.73 Å². The molecule has 0 heterocycles. The van der Waals surface area contributed by atoms with Crippen LogP contribution in [0.5, 0.6) is 0 Å². The van der Waals surface area contributed by atoms with Gasteiger partial charge in [-0.1, -0.05) is 13.8 Å². The summed E-state index contributed by atoms with van der Waals surface area (Å²) in [4.78, 5) is 12.7. The van der Waals surface area contributed by atoms with E-state index >= 15 is 0 Å². The highest BCUT2D eigenvalue weighted by Crippen LogP contribution is 2.18. The van der Waals surface area contributed by atoms with E-state index in [1.165, 1.54) is 11.8 Å². The fraction of sp³-hybridized carbons (Fsp3) is 0.909. The molecule has 0 fully saturated rings. The first-order valence-electron chi connectivity index (χ1n) is 5.77. The Morgan fingerprint density at radius 3 is 2.33 bits per heavy atom. The van der Waals surface area contributed by atoms with Gasteiger partial charge in [-0.05, 0) is 24.3 Å². The molecule has 1 amide bonds. The Labute approximate surface area is 110 Å². The van der Waals surface area contributed by atoms with E-state index in [9.17, 15) is 18.0 Å². The molecular formula is C11H21F3N2OS. The van der Waals surface area contributed by atoms with Crippen LogP contribution in [0.25, 0.3) is 0 Å². The van der Waals surface area contributed by atoms with Crippen molar-refractivity contribution in [3.8, 4) is 0 Å². The first-order chi connectivity index (χ1) is 8.17. The average Bonchev–Trinajstić information content (AvgIpc) is 2.21. The van der Waals surface area contributed by atoms with Crippen LogP contribution >= 0.6 is 11.8 Å². The van der Waals surface area contributed by atoms with Gasteiger partial charge in [0, 0.05) is 6.54 Å². The smallest absolute Gasteiger partial charge is 0.332 e. The van der Waals surface area contributed by atoms with Crippen molar-refractivity contribution in [2.24, 2.45) is 11.7 Å². The average molecular weight is 286 g/mol. The lowest BCUT2D eigenvalue weighted by molar-refractivity contribution is -0.162. The molecule has 0 aromatic rings. The van der Waals surface area contributed by atoms with Gasteiger partial charge in [0.25, 0.3) is 0 Å². The highest BCUT2D eigenvalue weighted by atomic mass is 32.2. The molecule has 0 saturated carbocycles. The third-order valence-corrected chi connectivity index (χ3v) is 2.86. The van der Waals surface area contributed by atoms with Crippen molar-refractivity contribution in [2.75, 3.05) is 25.1 Å². The van der Waals surface area contributed by atoms with E-state index in [1.807, 2.05) is 6.26 Å². The van der Waals surface area contributed by atoms with E-state index in [1.54, 1.807) is 13.8 Å². The van der Waals surface area contributed by atoms with Crippen LogP contribution in [0, 0.1) is 5.92 Å². The third-order valence-electron chi connectivity index (χ3n) is 2.22. The molecular weight excluding hydrogens is 265 g/mol. The molecule has 0 aromatic carbocycles. The van der Waals surface area contributed by atoms with Crippen molar-refractivity contribution >= 4 is 17.7 Å². The van der Waals surface area contributed by atoms with Gasteiger partial charge in [-0.3, -0.25) is 4.79 Å². The Morgan fingerprint density at radius 2 is 1.94 bits per heavy atom. The molecule has 0 aliphatic rings. The lowest BCUT2D eigenvalue weighted by atomic mass is 10.1. The summed E-state index contributed by atoms with van der Waals surface area (Å²) in [6.07, 6.45) is -2.13. The van der Waals surface area contributed by atoms with Crippen molar-refractivity contribution in [3.05, 3.63) is 0 Å². The van der Waals surface area contributed by atoms with E-state index in [0.29, 0.717) is 12.2 Å². The monoisotopic (exact) mass is 286 g/mol.